The number of nitrogens with zero attached hydrogens (tertiary/aromatic N) is 1. The fraction of sp³-hybridized carbons (Fsp3) is 0.900. The molecule has 4 nitrogen and oxygen atoms in total. The highest BCUT2D eigenvalue weighted by molar-refractivity contribution is 5.85. The molecule has 2 aliphatic rings. The topological polar surface area (TPSA) is 52.6 Å². The summed E-state index contributed by atoms with van der Waals surface area (Å²) in [5, 5.41) is 12.4. The van der Waals surface area contributed by atoms with Gasteiger partial charge in [-0.2, -0.15) is 0 Å². The van der Waals surface area contributed by atoms with E-state index < -0.39 is 0 Å². The Balaban J connectivity index is 0.00000112. The van der Waals surface area contributed by atoms with Crippen LogP contribution in [0.5, 0.6) is 0 Å². The molecule has 2 fully saturated rings. The normalized spacial score (nSPS) is 32.3. The van der Waals surface area contributed by atoms with E-state index in [-0.39, 0.29) is 24.4 Å². The van der Waals surface area contributed by atoms with Crippen LogP contribution in [0.2, 0.25) is 0 Å². The van der Waals surface area contributed by atoms with E-state index in [1.165, 1.54) is 0 Å². The van der Waals surface area contributed by atoms with E-state index in [1.807, 2.05) is 4.90 Å². The van der Waals surface area contributed by atoms with Gasteiger partial charge in [0, 0.05) is 19.1 Å². The molecule has 15 heavy (non-hydrogen) atoms. The predicted molar refractivity (Wildman–Crippen MR) is 60.1 cm³/mol. The number of amides is 1. The van der Waals surface area contributed by atoms with Gasteiger partial charge in [0.05, 0.1) is 12.6 Å². The minimum Gasteiger partial charge on any atom is -0.393 e. The molecule has 2 rings (SSSR count). The number of piperazine rings is 1. The number of hydrogen-bond acceptors (Lipinski definition) is 3. The third-order valence-corrected chi connectivity index (χ3v) is 3.23. The zero-order chi connectivity index (χ0) is 9.97. The predicted octanol–water partition coefficient (Wildman–Crippen LogP) is 0.143. The summed E-state index contributed by atoms with van der Waals surface area (Å²) in [4.78, 5) is 13.6. The molecule has 2 N–H and O–H groups in total. The van der Waals surface area contributed by atoms with Crippen molar-refractivity contribution in [2.75, 3.05) is 19.6 Å². The summed E-state index contributed by atoms with van der Waals surface area (Å²) in [6, 6.07) is 0.382. The van der Waals surface area contributed by atoms with Crippen molar-refractivity contribution in [1.29, 1.82) is 0 Å². The van der Waals surface area contributed by atoms with Gasteiger partial charge in [-0.15, -0.1) is 12.4 Å². The van der Waals surface area contributed by atoms with Crippen LogP contribution in [0.1, 0.15) is 25.7 Å². The Morgan fingerprint density at radius 1 is 1.27 bits per heavy atom. The molecular formula is C10H19ClN2O2. The summed E-state index contributed by atoms with van der Waals surface area (Å²) in [6.07, 6.45) is 3.49. The fourth-order valence-electron chi connectivity index (χ4n) is 2.38. The number of carbonyl (C=O) groups is 1. The Kier molecular flexibility index (Phi) is 4.83. The zero-order valence-electron chi connectivity index (χ0n) is 8.82. The van der Waals surface area contributed by atoms with Gasteiger partial charge in [0.1, 0.15) is 0 Å². The molecular weight excluding hydrogens is 216 g/mol. The standard InChI is InChI=1S/C10H18N2O2.ClH/c13-9-3-1-8(2-4-9)12-6-5-11-7-10(12)14;/h8-9,11,13H,1-7H2;1H/t8-,9-;. The van der Waals surface area contributed by atoms with Crippen molar-refractivity contribution < 1.29 is 9.90 Å². The van der Waals surface area contributed by atoms with Crippen LogP contribution in [0.4, 0.5) is 0 Å². The Bertz CT molecular complexity index is 217. The first-order valence-electron chi connectivity index (χ1n) is 5.45. The molecule has 0 aromatic heterocycles. The molecule has 88 valence electrons. The second-order valence-electron chi connectivity index (χ2n) is 4.23. The summed E-state index contributed by atoms with van der Waals surface area (Å²) in [5.41, 5.74) is 0. The lowest BCUT2D eigenvalue weighted by Gasteiger charge is -2.38. The van der Waals surface area contributed by atoms with Gasteiger partial charge in [-0.1, -0.05) is 0 Å². The van der Waals surface area contributed by atoms with E-state index in [4.69, 9.17) is 0 Å². The molecule has 1 heterocycles. The average molecular weight is 235 g/mol. The van der Waals surface area contributed by atoms with Gasteiger partial charge in [-0.05, 0) is 25.7 Å². The molecule has 0 radical (unpaired) electrons. The molecule has 0 atom stereocenters. The number of rotatable bonds is 1. The van der Waals surface area contributed by atoms with Crippen molar-refractivity contribution >= 4 is 18.3 Å². The summed E-state index contributed by atoms with van der Waals surface area (Å²) < 4.78 is 0. The molecule has 0 bridgehead atoms. The highest BCUT2D eigenvalue weighted by Gasteiger charge is 2.29. The number of carbonyl (C=O) groups excluding carboxylic acids is 1. The van der Waals surface area contributed by atoms with E-state index >= 15 is 0 Å². The number of nitrogens with one attached hydrogen (secondary N) is 1. The maximum Gasteiger partial charge on any atom is 0.236 e. The minimum absolute atomic E-state index is 0. The highest BCUT2D eigenvalue weighted by Crippen LogP contribution is 2.23. The van der Waals surface area contributed by atoms with Gasteiger partial charge >= 0.3 is 0 Å². The molecule has 0 unspecified atom stereocenters. The van der Waals surface area contributed by atoms with Gasteiger partial charge in [0.25, 0.3) is 0 Å². The van der Waals surface area contributed by atoms with E-state index in [9.17, 15) is 9.90 Å². The first-order valence-corrected chi connectivity index (χ1v) is 5.45. The van der Waals surface area contributed by atoms with E-state index in [1.54, 1.807) is 0 Å². The minimum atomic E-state index is -0.135. The van der Waals surface area contributed by atoms with Crippen molar-refractivity contribution in [2.24, 2.45) is 0 Å². The van der Waals surface area contributed by atoms with E-state index in [0.717, 1.165) is 38.8 Å². The Hall–Kier alpha value is -0.320. The van der Waals surface area contributed by atoms with Crippen LogP contribution < -0.4 is 5.32 Å². The van der Waals surface area contributed by atoms with Crippen LogP contribution in [0, 0.1) is 0 Å². The molecule has 1 aliphatic carbocycles. The Morgan fingerprint density at radius 2 is 1.93 bits per heavy atom. The van der Waals surface area contributed by atoms with Gasteiger partial charge in [0.15, 0.2) is 0 Å². The first kappa shape index (κ1) is 12.7. The van der Waals surface area contributed by atoms with Crippen molar-refractivity contribution in [3.63, 3.8) is 0 Å². The van der Waals surface area contributed by atoms with Crippen molar-refractivity contribution in [3.05, 3.63) is 0 Å². The summed E-state index contributed by atoms with van der Waals surface area (Å²) in [5.74, 6) is 0.220. The zero-order valence-corrected chi connectivity index (χ0v) is 9.63. The van der Waals surface area contributed by atoms with Gasteiger partial charge in [-0.3, -0.25) is 4.79 Å². The van der Waals surface area contributed by atoms with Crippen LogP contribution in [-0.2, 0) is 4.79 Å². The second kappa shape index (κ2) is 5.68. The summed E-state index contributed by atoms with van der Waals surface area (Å²) in [7, 11) is 0. The van der Waals surface area contributed by atoms with Crippen molar-refractivity contribution in [2.45, 2.75) is 37.8 Å². The molecule has 0 aromatic carbocycles. The van der Waals surface area contributed by atoms with Gasteiger partial charge < -0.3 is 15.3 Å². The van der Waals surface area contributed by atoms with Crippen LogP contribution in [0.15, 0.2) is 0 Å². The maximum atomic E-state index is 11.6. The lowest BCUT2D eigenvalue weighted by Crippen LogP contribution is -2.53. The Labute approximate surface area is 96.4 Å². The average Bonchev–Trinajstić information content (AvgIpc) is 2.20. The van der Waals surface area contributed by atoms with Crippen LogP contribution in [0.3, 0.4) is 0 Å². The summed E-state index contributed by atoms with van der Waals surface area (Å²) >= 11 is 0. The molecule has 1 aliphatic heterocycles. The van der Waals surface area contributed by atoms with Crippen molar-refractivity contribution in [3.8, 4) is 0 Å². The quantitative estimate of drug-likeness (QED) is 0.679. The second-order valence-corrected chi connectivity index (χ2v) is 4.23. The third-order valence-electron chi connectivity index (χ3n) is 3.23. The fourth-order valence-corrected chi connectivity index (χ4v) is 2.38. The van der Waals surface area contributed by atoms with Crippen molar-refractivity contribution in [1.82, 2.24) is 10.2 Å². The summed E-state index contributed by atoms with van der Waals surface area (Å²) in [6.45, 7) is 2.23. The maximum absolute atomic E-state index is 11.6. The first-order chi connectivity index (χ1) is 6.77. The molecule has 0 aromatic rings. The largest absolute Gasteiger partial charge is 0.393 e. The molecule has 0 spiro atoms. The molecule has 1 saturated carbocycles. The van der Waals surface area contributed by atoms with Gasteiger partial charge in [0.2, 0.25) is 5.91 Å². The lowest BCUT2D eigenvalue weighted by atomic mass is 9.91. The van der Waals surface area contributed by atoms with E-state index in [2.05, 4.69) is 5.32 Å². The number of aliphatic hydroxyl groups is 1. The highest BCUT2D eigenvalue weighted by atomic mass is 35.5. The number of halogens is 1. The van der Waals surface area contributed by atoms with Crippen LogP contribution in [0.25, 0.3) is 0 Å². The van der Waals surface area contributed by atoms with Crippen LogP contribution in [-0.4, -0.2) is 47.7 Å². The lowest BCUT2D eigenvalue weighted by molar-refractivity contribution is -0.135. The third kappa shape index (κ3) is 3.06. The smallest absolute Gasteiger partial charge is 0.236 e. The molecule has 5 heteroatoms. The number of hydrogen-bond donors (Lipinski definition) is 2. The van der Waals surface area contributed by atoms with Gasteiger partial charge in [-0.25, -0.2) is 0 Å². The van der Waals surface area contributed by atoms with E-state index in [0.29, 0.717) is 12.6 Å². The molecule has 1 saturated heterocycles. The molecule has 1 amide bonds. The number of aliphatic hydroxyl groups excluding tert-OH is 1. The van der Waals surface area contributed by atoms with Crippen LogP contribution >= 0.6 is 12.4 Å². The monoisotopic (exact) mass is 234 g/mol. The SMILES string of the molecule is Cl.O=C1CNCCN1[C@H]1CC[C@H](O)CC1. The Morgan fingerprint density at radius 3 is 2.53 bits per heavy atom.